The van der Waals surface area contributed by atoms with Crippen LogP contribution < -0.4 is 0 Å². The van der Waals surface area contributed by atoms with E-state index in [9.17, 15) is 0 Å². The summed E-state index contributed by atoms with van der Waals surface area (Å²) in [6.07, 6.45) is -0.315. The maximum Gasteiger partial charge on any atom is 0.104 e. The Morgan fingerprint density at radius 2 is 0.456 bits per heavy atom. The first-order valence-electron chi connectivity index (χ1n) is 19.1. The van der Waals surface area contributed by atoms with E-state index >= 15 is 0 Å². The third kappa shape index (κ3) is 49.4. The second kappa shape index (κ2) is 51.3. The second-order valence-electron chi connectivity index (χ2n) is 10.9. The molecule has 24 nitrogen and oxygen atoms in total. The highest BCUT2D eigenvalue weighted by Gasteiger charge is 2.10. The van der Waals surface area contributed by atoms with Crippen LogP contribution in [0.25, 0.3) is 31.3 Å². The zero-order valence-electron chi connectivity index (χ0n) is 33.4. The van der Waals surface area contributed by atoms with Gasteiger partial charge in [0.05, 0.1) is 192 Å². The van der Waals surface area contributed by atoms with Crippen LogP contribution in [0, 0.1) is 0 Å². The van der Waals surface area contributed by atoms with Gasteiger partial charge < -0.3 is 71.1 Å². The molecule has 0 radical (unpaired) electrons. The first-order chi connectivity index (χ1) is 28.3. The minimum absolute atomic E-state index is 0.301. The van der Waals surface area contributed by atoms with Crippen molar-refractivity contribution in [3.63, 3.8) is 0 Å². The molecule has 0 heterocycles. The molecule has 0 aliphatic rings. The molecule has 0 atom stereocenters. The van der Waals surface area contributed by atoms with Crippen molar-refractivity contribution in [3.05, 3.63) is 31.3 Å². The van der Waals surface area contributed by atoms with E-state index in [1.807, 2.05) is 0 Å². The Hall–Kier alpha value is -2.67. The van der Waals surface area contributed by atoms with Crippen LogP contribution in [-0.4, -0.2) is 217 Å². The molecule has 0 bridgehead atoms. The minimum atomic E-state index is -0.315. The van der Waals surface area contributed by atoms with Gasteiger partial charge in [0.2, 0.25) is 0 Å². The van der Waals surface area contributed by atoms with Crippen molar-refractivity contribution in [2.75, 3.05) is 211 Å². The molecule has 0 aromatic heterocycles. The van der Waals surface area contributed by atoms with E-state index in [4.69, 9.17) is 87.6 Å². The Balaban J connectivity index is 3.98. The molecule has 0 aliphatic carbocycles. The molecule has 0 aliphatic heterocycles. The number of rotatable bonds is 50. The van der Waals surface area contributed by atoms with E-state index in [1.165, 1.54) is 0 Å². The Labute approximate surface area is 335 Å². The van der Waals surface area contributed by atoms with Crippen molar-refractivity contribution >= 4 is 0 Å². The third-order valence-corrected chi connectivity index (χ3v) is 6.48. The maximum absolute atomic E-state index is 8.21. The molecule has 57 heavy (non-hydrogen) atoms. The van der Waals surface area contributed by atoms with E-state index in [0.717, 1.165) is 0 Å². The summed E-state index contributed by atoms with van der Waals surface area (Å²) in [4.78, 5) is 7.96. The zero-order valence-corrected chi connectivity index (χ0v) is 33.4. The SMILES string of the molecule is [N-]=[N+]=NCCOCCOCCOCCOCCOCC(COCCOCCOCCOCCOCCN=[N+]=[N-])OCCOCCOCCOCCOCCN=[N+]=[N-]. The molecule has 0 saturated carbocycles. The van der Waals surface area contributed by atoms with Gasteiger partial charge in [-0.3, -0.25) is 0 Å². The number of ether oxygens (including phenoxy) is 15. The average molecular weight is 828 g/mol. The van der Waals surface area contributed by atoms with Crippen LogP contribution in [0.5, 0.6) is 0 Å². The molecule has 0 rings (SSSR count). The fourth-order valence-corrected chi connectivity index (χ4v) is 3.82. The molecule has 332 valence electrons. The summed E-state index contributed by atoms with van der Waals surface area (Å²) in [5.41, 5.74) is 24.6. The lowest BCUT2D eigenvalue weighted by Crippen LogP contribution is -2.29. The standard InChI is InChI=1S/C33H65N9O15/c34-40-37-1-4-43-7-10-46-13-16-49-19-21-52-25-27-55-31-33(57-30-29-54-24-23-51-18-15-48-12-9-45-6-3-39-42-36)32-56-28-26-53-22-20-50-17-14-47-11-8-44-5-2-38-41-35/h33H,1-32H2. The number of hydrogen-bond acceptors (Lipinski definition) is 18. The number of hydrogen-bond donors (Lipinski definition) is 0. The first-order valence-corrected chi connectivity index (χ1v) is 19.1. The van der Waals surface area contributed by atoms with E-state index in [0.29, 0.717) is 211 Å². The van der Waals surface area contributed by atoms with Gasteiger partial charge in [0.25, 0.3) is 0 Å². The van der Waals surface area contributed by atoms with E-state index < -0.39 is 0 Å². The molecule has 0 fully saturated rings. The highest BCUT2D eigenvalue weighted by Crippen LogP contribution is 1.98. The summed E-state index contributed by atoms with van der Waals surface area (Å²) < 4.78 is 82.7. The lowest BCUT2D eigenvalue weighted by Gasteiger charge is -2.18. The highest BCUT2D eigenvalue weighted by molar-refractivity contribution is 4.56. The normalized spacial score (nSPS) is 11.6. The quantitative estimate of drug-likeness (QED) is 0.0369. The van der Waals surface area contributed by atoms with Crippen molar-refractivity contribution in [2.45, 2.75) is 6.10 Å². The van der Waals surface area contributed by atoms with Gasteiger partial charge in [-0.25, -0.2) is 0 Å². The van der Waals surface area contributed by atoms with Crippen LogP contribution in [-0.2, 0) is 71.1 Å². The summed E-state index contributed by atoms with van der Waals surface area (Å²) in [5, 5.41) is 10.2. The monoisotopic (exact) mass is 827 g/mol. The van der Waals surface area contributed by atoms with Gasteiger partial charge in [0, 0.05) is 34.4 Å². The van der Waals surface area contributed by atoms with Gasteiger partial charge in [0.15, 0.2) is 0 Å². The summed E-state index contributed by atoms with van der Waals surface area (Å²) >= 11 is 0. The summed E-state index contributed by atoms with van der Waals surface area (Å²) in [5.74, 6) is 0. The van der Waals surface area contributed by atoms with E-state index in [1.54, 1.807) is 0 Å². The summed E-state index contributed by atoms with van der Waals surface area (Å²) in [6, 6.07) is 0. The predicted octanol–water partition coefficient (Wildman–Crippen LogP) is 2.53. The Morgan fingerprint density at radius 1 is 0.263 bits per heavy atom. The lowest BCUT2D eigenvalue weighted by atomic mass is 10.4. The lowest BCUT2D eigenvalue weighted by molar-refractivity contribution is -0.0875. The number of nitrogens with zero attached hydrogens (tertiary/aromatic N) is 9. The molecular formula is C33H65N9O15. The smallest absolute Gasteiger partial charge is 0.104 e. The number of azide groups is 3. The van der Waals surface area contributed by atoms with Gasteiger partial charge in [-0.15, -0.1) is 0 Å². The zero-order chi connectivity index (χ0) is 41.1. The molecule has 0 N–H and O–H groups in total. The van der Waals surface area contributed by atoms with Gasteiger partial charge in [-0.2, -0.15) is 0 Å². The van der Waals surface area contributed by atoms with Gasteiger partial charge in [0.1, 0.15) is 6.10 Å². The van der Waals surface area contributed by atoms with Crippen LogP contribution in [0.4, 0.5) is 0 Å². The average Bonchev–Trinajstić information content (AvgIpc) is 3.22. The third-order valence-electron chi connectivity index (χ3n) is 6.48. The van der Waals surface area contributed by atoms with Crippen LogP contribution in [0.3, 0.4) is 0 Å². The molecule has 0 amide bonds. The second-order valence-corrected chi connectivity index (χ2v) is 10.9. The van der Waals surface area contributed by atoms with Crippen LogP contribution >= 0.6 is 0 Å². The Bertz CT molecular complexity index is 918. The molecule has 24 heteroatoms. The van der Waals surface area contributed by atoms with Crippen molar-refractivity contribution in [1.29, 1.82) is 0 Å². The molecule has 0 unspecified atom stereocenters. The summed E-state index contributed by atoms with van der Waals surface area (Å²) in [6.45, 7) is 12.7. The molecule has 0 saturated heterocycles. The molecule has 0 aromatic carbocycles. The van der Waals surface area contributed by atoms with E-state index in [2.05, 4.69) is 30.1 Å². The van der Waals surface area contributed by atoms with Crippen molar-refractivity contribution in [3.8, 4) is 0 Å². The Morgan fingerprint density at radius 3 is 0.684 bits per heavy atom. The molecule has 0 aromatic rings. The summed E-state index contributed by atoms with van der Waals surface area (Å²) in [7, 11) is 0. The van der Waals surface area contributed by atoms with Crippen molar-refractivity contribution in [1.82, 2.24) is 0 Å². The maximum atomic E-state index is 8.21. The highest BCUT2D eigenvalue weighted by atomic mass is 16.6. The van der Waals surface area contributed by atoms with E-state index in [-0.39, 0.29) is 6.10 Å². The topological polar surface area (TPSA) is 285 Å². The fourth-order valence-electron chi connectivity index (χ4n) is 3.82. The Kier molecular flexibility index (Phi) is 48.9. The fraction of sp³-hybridized carbons (Fsp3) is 1.00. The predicted molar refractivity (Wildman–Crippen MR) is 203 cm³/mol. The largest absolute Gasteiger partial charge is 0.379 e. The van der Waals surface area contributed by atoms with Crippen molar-refractivity contribution in [2.24, 2.45) is 15.3 Å². The van der Waals surface area contributed by atoms with Crippen LogP contribution in [0.15, 0.2) is 15.3 Å². The van der Waals surface area contributed by atoms with Gasteiger partial charge in [-0.05, 0) is 16.6 Å². The first kappa shape index (κ1) is 54.3. The van der Waals surface area contributed by atoms with Gasteiger partial charge >= 0.3 is 0 Å². The molecular weight excluding hydrogens is 762 g/mol. The molecule has 0 spiro atoms. The van der Waals surface area contributed by atoms with Crippen molar-refractivity contribution < 1.29 is 71.1 Å². The minimum Gasteiger partial charge on any atom is -0.379 e. The van der Waals surface area contributed by atoms with Crippen LogP contribution in [0.1, 0.15) is 0 Å². The van der Waals surface area contributed by atoms with Crippen LogP contribution in [0.2, 0.25) is 0 Å². The van der Waals surface area contributed by atoms with Gasteiger partial charge in [-0.1, -0.05) is 15.3 Å².